The summed E-state index contributed by atoms with van der Waals surface area (Å²) < 4.78 is 12.5. The third-order valence-electron chi connectivity index (χ3n) is 6.04. The van der Waals surface area contributed by atoms with Gasteiger partial charge in [0.25, 0.3) is 0 Å². The highest BCUT2D eigenvalue weighted by molar-refractivity contribution is 6.06. The van der Waals surface area contributed by atoms with Crippen LogP contribution in [0.1, 0.15) is 69.7 Å². The molecule has 0 aliphatic carbocycles. The van der Waals surface area contributed by atoms with Crippen LogP contribution in [0.4, 0.5) is 5.82 Å². The molecule has 5 rings (SSSR count). The van der Waals surface area contributed by atoms with Crippen LogP contribution in [0.25, 0.3) is 22.2 Å². The molecule has 0 atom stereocenters. The number of fused-ring (bicyclic) bond motifs is 5. The molecule has 0 bridgehead atoms. The molecule has 6 heteroatoms. The van der Waals surface area contributed by atoms with Crippen LogP contribution in [-0.4, -0.2) is 33.6 Å². The predicted molar refractivity (Wildman–Crippen MR) is 110 cm³/mol. The van der Waals surface area contributed by atoms with Gasteiger partial charge < -0.3 is 14.1 Å². The molecule has 0 aromatic carbocycles. The van der Waals surface area contributed by atoms with Crippen LogP contribution in [0.15, 0.2) is 10.7 Å². The molecule has 148 valence electrons. The maximum atomic E-state index is 6.34. The monoisotopic (exact) mass is 380 g/mol. The fraction of sp³-hybridized carbons (Fsp3) is 0.591. The van der Waals surface area contributed by atoms with Crippen molar-refractivity contribution in [2.24, 2.45) is 0 Å². The van der Waals surface area contributed by atoms with Crippen molar-refractivity contribution in [2.75, 3.05) is 18.0 Å². The van der Waals surface area contributed by atoms with Gasteiger partial charge in [-0.15, -0.1) is 0 Å². The summed E-state index contributed by atoms with van der Waals surface area (Å²) in [6.07, 6.45) is 6.19. The first kappa shape index (κ1) is 17.9. The van der Waals surface area contributed by atoms with Crippen molar-refractivity contribution in [1.29, 1.82) is 0 Å². The molecule has 3 aromatic rings. The lowest BCUT2D eigenvalue weighted by molar-refractivity contribution is -0.0402. The first-order valence-electron chi connectivity index (χ1n) is 10.4. The fourth-order valence-electron chi connectivity index (χ4n) is 4.63. The number of rotatable bonds is 2. The summed E-state index contributed by atoms with van der Waals surface area (Å²) in [5.41, 5.74) is 5.72. The Bertz CT molecular complexity index is 1050. The normalized spacial score (nSPS) is 19.5. The van der Waals surface area contributed by atoms with Gasteiger partial charge in [-0.1, -0.05) is 13.8 Å². The Morgan fingerprint density at radius 2 is 1.86 bits per heavy atom. The zero-order chi connectivity index (χ0) is 19.5. The number of furan rings is 1. The van der Waals surface area contributed by atoms with Crippen molar-refractivity contribution >= 4 is 28.0 Å². The molecule has 6 nitrogen and oxygen atoms in total. The highest BCUT2D eigenvalue weighted by atomic mass is 16.5. The lowest BCUT2D eigenvalue weighted by Crippen LogP contribution is -2.33. The van der Waals surface area contributed by atoms with Crippen molar-refractivity contribution in [3.8, 4) is 0 Å². The number of ether oxygens (including phenoxy) is 1. The Balaban J connectivity index is 1.79. The van der Waals surface area contributed by atoms with E-state index in [9.17, 15) is 0 Å². The second-order valence-electron chi connectivity index (χ2n) is 9.04. The second kappa shape index (κ2) is 6.41. The van der Waals surface area contributed by atoms with Crippen LogP contribution in [0, 0.1) is 0 Å². The van der Waals surface area contributed by atoms with E-state index in [1.54, 1.807) is 6.33 Å². The Kier molecular flexibility index (Phi) is 4.09. The molecule has 28 heavy (non-hydrogen) atoms. The minimum absolute atomic E-state index is 0.206. The molecule has 2 aliphatic heterocycles. The highest BCUT2D eigenvalue weighted by Gasteiger charge is 2.33. The SMILES string of the molecule is CC(C)c1nc2oc3c(N4CCCCC4)ncnc3c2c2c1COC(C)(C)C2. The summed E-state index contributed by atoms with van der Waals surface area (Å²) in [5, 5.41) is 1.05. The number of nitrogens with zero attached hydrogens (tertiary/aromatic N) is 4. The smallest absolute Gasteiger partial charge is 0.229 e. The average Bonchev–Trinajstić information content (AvgIpc) is 3.06. The van der Waals surface area contributed by atoms with E-state index in [4.69, 9.17) is 14.1 Å². The number of piperidine rings is 1. The van der Waals surface area contributed by atoms with E-state index in [-0.39, 0.29) is 5.60 Å². The van der Waals surface area contributed by atoms with Crippen molar-refractivity contribution in [3.05, 3.63) is 23.1 Å². The number of anilines is 1. The predicted octanol–water partition coefficient (Wildman–Crippen LogP) is 4.74. The van der Waals surface area contributed by atoms with Crippen LogP contribution >= 0.6 is 0 Å². The van der Waals surface area contributed by atoms with Gasteiger partial charge in [0.05, 0.1) is 23.3 Å². The number of pyridine rings is 1. The third kappa shape index (κ3) is 2.77. The summed E-state index contributed by atoms with van der Waals surface area (Å²) in [4.78, 5) is 16.5. The molecule has 0 unspecified atom stereocenters. The van der Waals surface area contributed by atoms with Gasteiger partial charge in [-0.05, 0) is 44.6 Å². The summed E-state index contributed by atoms with van der Waals surface area (Å²) >= 11 is 0. The van der Waals surface area contributed by atoms with Gasteiger partial charge in [-0.25, -0.2) is 15.0 Å². The molecule has 1 fully saturated rings. The van der Waals surface area contributed by atoms with Gasteiger partial charge in [0.1, 0.15) is 11.8 Å². The van der Waals surface area contributed by atoms with Gasteiger partial charge in [-0.2, -0.15) is 0 Å². The van der Waals surface area contributed by atoms with Gasteiger partial charge in [0, 0.05) is 25.1 Å². The first-order valence-corrected chi connectivity index (χ1v) is 10.4. The quantitative estimate of drug-likeness (QED) is 0.640. The fourth-order valence-corrected chi connectivity index (χ4v) is 4.63. The van der Waals surface area contributed by atoms with Crippen molar-refractivity contribution in [3.63, 3.8) is 0 Å². The minimum atomic E-state index is -0.206. The lowest BCUT2D eigenvalue weighted by Gasteiger charge is -2.33. The third-order valence-corrected chi connectivity index (χ3v) is 6.04. The largest absolute Gasteiger partial charge is 0.432 e. The molecule has 0 amide bonds. The van der Waals surface area contributed by atoms with Gasteiger partial charge in [0.2, 0.25) is 5.71 Å². The Morgan fingerprint density at radius 1 is 1.07 bits per heavy atom. The Morgan fingerprint density at radius 3 is 2.61 bits per heavy atom. The number of hydrogen-bond donors (Lipinski definition) is 0. The molecule has 1 saturated heterocycles. The lowest BCUT2D eigenvalue weighted by atomic mass is 9.87. The topological polar surface area (TPSA) is 64.3 Å². The maximum absolute atomic E-state index is 6.34. The zero-order valence-corrected chi connectivity index (χ0v) is 17.2. The highest BCUT2D eigenvalue weighted by Crippen LogP contribution is 2.41. The van der Waals surface area contributed by atoms with Crippen molar-refractivity contribution < 1.29 is 9.15 Å². The van der Waals surface area contributed by atoms with Crippen molar-refractivity contribution in [2.45, 2.75) is 71.5 Å². The van der Waals surface area contributed by atoms with E-state index in [0.29, 0.717) is 18.2 Å². The zero-order valence-electron chi connectivity index (χ0n) is 17.2. The molecule has 0 N–H and O–H groups in total. The number of hydrogen-bond acceptors (Lipinski definition) is 6. The second-order valence-corrected chi connectivity index (χ2v) is 9.04. The van der Waals surface area contributed by atoms with E-state index < -0.39 is 0 Å². The standard InChI is InChI=1S/C22H28N4O2/c1-13(2)17-15-11-27-22(3,4)10-14(15)16-18-19(28-21(16)25-17)20(24-12-23-18)26-8-6-5-7-9-26/h12-13H,5-11H2,1-4H3. The van der Waals surface area contributed by atoms with E-state index in [1.165, 1.54) is 30.4 Å². The molecule has 0 saturated carbocycles. The summed E-state index contributed by atoms with van der Waals surface area (Å²) in [5.74, 6) is 1.22. The Labute approximate surface area is 165 Å². The molecule has 5 heterocycles. The van der Waals surface area contributed by atoms with Crippen LogP contribution in [0.5, 0.6) is 0 Å². The minimum Gasteiger partial charge on any atom is -0.432 e. The van der Waals surface area contributed by atoms with Crippen LogP contribution < -0.4 is 4.90 Å². The number of aromatic nitrogens is 3. The van der Waals surface area contributed by atoms with Crippen LogP contribution in [0.2, 0.25) is 0 Å². The maximum Gasteiger partial charge on any atom is 0.229 e. The van der Waals surface area contributed by atoms with Gasteiger partial charge in [-0.3, -0.25) is 0 Å². The molecular weight excluding hydrogens is 352 g/mol. The summed E-state index contributed by atoms with van der Waals surface area (Å²) in [6, 6.07) is 0. The average molecular weight is 380 g/mol. The van der Waals surface area contributed by atoms with Crippen LogP contribution in [0.3, 0.4) is 0 Å². The van der Waals surface area contributed by atoms with E-state index >= 15 is 0 Å². The summed E-state index contributed by atoms with van der Waals surface area (Å²) in [6.45, 7) is 11.3. The molecular formula is C22H28N4O2. The van der Waals surface area contributed by atoms with Crippen LogP contribution in [-0.2, 0) is 17.8 Å². The summed E-state index contributed by atoms with van der Waals surface area (Å²) in [7, 11) is 0. The van der Waals surface area contributed by atoms with E-state index in [1.807, 2.05) is 0 Å². The van der Waals surface area contributed by atoms with Gasteiger partial charge in [0.15, 0.2) is 11.4 Å². The van der Waals surface area contributed by atoms with E-state index in [0.717, 1.165) is 47.5 Å². The molecule has 3 aromatic heterocycles. The molecule has 0 spiro atoms. The van der Waals surface area contributed by atoms with Crippen molar-refractivity contribution in [1.82, 2.24) is 15.0 Å². The molecule has 0 radical (unpaired) electrons. The van der Waals surface area contributed by atoms with E-state index in [2.05, 4.69) is 42.6 Å². The first-order chi connectivity index (χ1) is 13.4. The van der Waals surface area contributed by atoms with Gasteiger partial charge >= 0.3 is 0 Å². The molecule has 2 aliphatic rings. The Hall–Kier alpha value is -2.21.